The minimum atomic E-state index is 0.476. The van der Waals surface area contributed by atoms with Gasteiger partial charge in [-0.1, -0.05) is 29.4 Å². The molecule has 0 spiro atoms. The van der Waals surface area contributed by atoms with Gasteiger partial charge in [-0.15, -0.1) is 0 Å². The predicted molar refractivity (Wildman–Crippen MR) is 122 cm³/mol. The van der Waals surface area contributed by atoms with E-state index in [1.54, 1.807) is 7.11 Å². The molecular weight excluding hydrogens is 378 g/mol. The lowest BCUT2D eigenvalue weighted by Gasteiger charge is -2.15. The van der Waals surface area contributed by atoms with E-state index in [9.17, 15) is 0 Å². The van der Waals surface area contributed by atoms with Crippen molar-refractivity contribution in [3.63, 3.8) is 0 Å². The highest BCUT2D eigenvalue weighted by atomic mass is 16.6. The van der Waals surface area contributed by atoms with Crippen LogP contribution in [0.1, 0.15) is 37.0 Å². The van der Waals surface area contributed by atoms with E-state index in [4.69, 9.17) is 19.0 Å². The van der Waals surface area contributed by atoms with Gasteiger partial charge in [-0.05, 0) is 81.5 Å². The van der Waals surface area contributed by atoms with Crippen LogP contribution >= 0.6 is 0 Å². The summed E-state index contributed by atoms with van der Waals surface area (Å²) in [5.41, 5.74) is 4.29. The molecule has 0 amide bonds. The molecule has 2 aromatic carbocycles. The van der Waals surface area contributed by atoms with Crippen LogP contribution in [0.5, 0.6) is 17.2 Å². The Hall–Kier alpha value is -2.95. The van der Waals surface area contributed by atoms with Gasteiger partial charge in [0.05, 0.1) is 5.71 Å². The molecule has 0 N–H and O–H groups in total. The molecule has 0 atom stereocenters. The van der Waals surface area contributed by atoms with Gasteiger partial charge in [0.2, 0.25) is 0 Å². The fraction of sp³-hybridized carbons (Fsp3) is 0.400. The first-order valence-corrected chi connectivity index (χ1v) is 10.3. The highest BCUT2D eigenvalue weighted by molar-refractivity contribution is 5.81. The lowest BCUT2D eigenvalue weighted by molar-refractivity contribution is 0.212. The number of benzene rings is 2. The first-order valence-electron chi connectivity index (χ1n) is 10.3. The SMILES string of the molecule is C/C=C/COc1cc(C)c(OCCOc2cccc(CC/C(C)=N/OC)c2)c(C)c1. The van der Waals surface area contributed by atoms with Crippen molar-refractivity contribution in [2.45, 2.75) is 40.5 Å². The van der Waals surface area contributed by atoms with Crippen LogP contribution in [0.2, 0.25) is 0 Å². The molecule has 0 aliphatic heterocycles. The smallest absolute Gasteiger partial charge is 0.125 e. The predicted octanol–water partition coefficient (Wildman–Crippen LogP) is 5.67. The van der Waals surface area contributed by atoms with Gasteiger partial charge in [-0.2, -0.15) is 0 Å². The molecule has 5 nitrogen and oxygen atoms in total. The molecule has 0 aliphatic carbocycles. The van der Waals surface area contributed by atoms with Gasteiger partial charge in [0, 0.05) is 0 Å². The van der Waals surface area contributed by atoms with Crippen molar-refractivity contribution in [1.29, 1.82) is 0 Å². The maximum absolute atomic E-state index is 5.98. The molecule has 0 aliphatic rings. The van der Waals surface area contributed by atoms with Crippen LogP contribution < -0.4 is 14.2 Å². The Kier molecular flexibility index (Phi) is 9.78. The highest BCUT2D eigenvalue weighted by Crippen LogP contribution is 2.28. The number of hydrogen-bond donors (Lipinski definition) is 0. The summed E-state index contributed by atoms with van der Waals surface area (Å²) >= 11 is 0. The van der Waals surface area contributed by atoms with Crippen molar-refractivity contribution in [3.8, 4) is 17.2 Å². The van der Waals surface area contributed by atoms with Crippen LogP contribution in [0.4, 0.5) is 0 Å². The molecule has 2 rings (SSSR count). The molecular formula is C25H33NO4. The fourth-order valence-corrected chi connectivity index (χ4v) is 3.08. The first kappa shape index (κ1) is 23.3. The molecule has 0 fully saturated rings. The Morgan fingerprint density at radius 1 is 0.967 bits per heavy atom. The van der Waals surface area contributed by atoms with Crippen LogP contribution in [-0.2, 0) is 11.3 Å². The van der Waals surface area contributed by atoms with Crippen molar-refractivity contribution in [1.82, 2.24) is 0 Å². The summed E-state index contributed by atoms with van der Waals surface area (Å²) in [6.07, 6.45) is 5.71. The van der Waals surface area contributed by atoms with Crippen LogP contribution in [0.25, 0.3) is 0 Å². The van der Waals surface area contributed by atoms with Crippen LogP contribution in [0.15, 0.2) is 53.7 Å². The quantitative estimate of drug-likeness (QED) is 0.195. The van der Waals surface area contributed by atoms with Crippen molar-refractivity contribution in [3.05, 3.63) is 65.2 Å². The van der Waals surface area contributed by atoms with Gasteiger partial charge in [0.1, 0.15) is 44.2 Å². The Morgan fingerprint density at radius 2 is 1.70 bits per heavy atom. The summed E-state index contributed by atoms with van der Waals surface area (Å²) in [5.74, 6) is 2.59. The van der Waals surface area contributed by atoms with E-state index in [-0.39, 0.29) is 0 Å². The zero-order chi connectivity index (χ0) is 21.8. The molecule has 0 saturated carbocycles. The number of oxime groups is 1. The van der Waals surface area contributed by atoms with Crippen LogP contribution in [-0.4, -0.2) is 32.6 Å². The molecule has 0 bridgehead atoms. The van der Waals surface area contributed by atoms with Gasteiger partial charge in [-0.3, -0.25) is 0 Å². The van der Waals surface area contributed by atoms with Crippen LogP contribution in [0.3, 0.4) is 0 Å². The Morgan fingerprint density at radius 3 is 2.40 bits per heavy atom. The average molecular weight is 412 g/mol. The zero-order valence-corrected chi connectivity index (χ0v) is 18.7. The number of hydrogen-bond acceptors (Lipinski definition) is 5. The van der Waals surface area contributed by atoms with E-state index < -0.39 is 0 Å². The number of allylic oxidation sites excluding steroid dienone is 1. The molecule has 2 aromatic rings. The first-order chi connectivity index (χ1) is 14.5. The maximum Gasteiger partial charge on any atom is 0.125 e. The fourth-order valence-electron chi connectivity index (χ4n) is 3.08. The van der Waals surface area contributed by atoms with Crippen molar-refractivity contribution in [2.75, 3.05) is 26.9 Å². The van der Waals surface area contributed by atoms with E-state index in [0.29, 0.717) is 19.8 Å². The van der Waals surface area contributed by atoms with E-state index >= 15 is 0 Å². The van der Waals surface area contributed by atoms with Crippen molar-refractivity contribution in [2.24, 2.45) is 5.16 Å². The summed E-state index contributed by atoms with van der Waals surface area (Å²) in [6, 6.07) is 12.1. The summed E-state index contributed by atoms with van der Waals surface area (Å²) < 4.78 is 17.6. The summed E-state index contributed by atoms with van der Waals surface area (Å²) in [6.45, 7) is 9.53. The standard InChI is InChI=1S/C25H33NO4/c1-6-7-13-28-24-16-19(2)25(20(3)17-24)30-15-14-29-23-10-8-9-22(18-23)12-11-21(4)26-27-5/h6-10,16-18H,11-15H2,1-5H3/b7-6+,26-21+. The van der Waals surface area contributed by atoms with Gasteiger partial charge < -0.3 is 19.0 Å². The van der Waals surface area contributed by atoms with Gasteiger partial charge >= 0.3 is 0 Å². The molecule has 30 heavy (non-hydrogen) atoms. The second-order valence-corrected chi connectivity index (χ2v) is 7.12. The Balaban J connectivity index is 1.83. The van der Waals surface area contributed by atoms with Crippen molar-refractivity contribution < 1.29 is 19.0 Å². The maximum atomic E-state index is 5.98. The van der Waals surface area contributed by atoms with E-state index in [2.05, 4.69) is 17.3 Å². The minimum Gasteiger partial charge on any atom is -0.490 e. The third-order valence-electron chi connectivity index (χ3n) is 4.54. The second kappa shape index (κ2) is 12.6. The minimum absolute atomic E-state index is 0.476. The van der Waals surface area contributed by atoms with E-state index in [0.717, 1.165) is 46.9 Å². The molecule has 0 saturated heterocycles. The zero-order valence-electron chi connectivity index (χ0n) is 18.7. The largest absolute Gasteiger partial charge is 0.490 e. The molecule has 5 heteroatoms. The summed E-state index contributed by atoms with van der Waals surface area (Å²) in [4.78, 5) is 4.80. The molecule has 0 unspecified atom stereocenters. The normalized spacial score (nSPS) is 11.6. The molecule has 0 radical (unpaired) electrons. The Bertz CT molecular complexity index is 835. The lowest BCUT2D eigenvalue weighted by Crippen LogP contribution is -2.10. The van der Waals surface area contributed by atoms with Crippen molar-refractivity contribution >= 4 is 5.71 Å². The summed E-state index contributed by atoms with van der Waals surface area (Å²) in [7, 11) is 1.57. The van der Waals surface area contributed by atoms with Gasteiger partial charge in [-0.25, -0.2) is 0 Å². The topological polar surface area (TPSA) is 49.3 Å². The van der Waals surface area contributed by atoms with E-state index in [1.807, 2.05) is 64.1 Å². The highest BCUT2D eigenvalue weighted by Gasteiger charge is 2.08. The second-order valence-electron chi connectivity index (χ2n) is 7.12. The number of nitrogens with zero attached hydrogens (tertiary/aromatic N) is 1. The van der Waals surface area contributed by atoms with E-state index in [1.165, 1.54) is 5.56 Å². The van der Waals surface area contributed by atoms with Gasteiger partial charge in [0.15, 0.2) is 0 Å². The molecule has 0 aromatic heterocycles. The third-order valence-corrected chi connectivity index (χ3v) is 4.54. The molecule has 0 heterocycles. The Labute approximate surface area is 180 Å². The average Bonchev–Trinajstić information content (AvgIpc) is 2.72. The number of aryl methyl sites for hydroxylation is 3. The monoisotopic (exact) mass is 411 g/mol. The number of rotatable bonds is 12. The molecule has 162 valence electrons. The summed E-state index contributed by atoms with van der Waals surface area (Å²) in [5, 5.41) is 3.95. The van der Waals surface area contributed by atoms with Crippen LogP contribution in [0, 0.1) is 13.8 Å². The van der Waals surface area contributed by atoms with Gasteiger partial charge in [0.25, 0.3) is 0 Å². The third kappa shape index (κ3) is 7.82. The number of ether oxygens (including phenoxy) is 3. The lowest BCUT2D eigenvalue weighted by atomic mass is 10.1.